The van der Waals surface area contributed by atoms with Crippen molar-refractivity contribution in [1.29, 1.82) is 0 Å². The van der Waals surface area contributed by atoms with Crippen LogP contribution in [0.15, 0.2) is 53.4 Å². The average Bonchev–Trinajstić information content (AvgIpc) is 3.17. The van der Waals surface area contributed by atoms with Crippen molar-refractivity contribution >= 4 is 21.6 Å². The van der Waals surface area contributed by atoms with Crippen LogP contribution in [0.25, 0.3) is 0 Å². The summed E-state index contributed by atoms with van der Waals surface area (Å²) in [6.07, 6.45) is 1.77. The van der Waals surface area contributed by atoms with Gasteiger partial charge in [-0.25, -0.2) is 8.42 Å². The molecule has 0 N–H and O–H groups in total. The molecule has 1 aliphatic rings. The molecule has 1 amide bonds. The number of benzene rings is 2. The zero-order valence-electron chi connectivity index (χ0n) is 14.5. The molecule has 1 fully saturated rings. The third kappa shape index (κ3) is 3.45. The number of aryl methyl sites for hydroxylation is 1. The highest BCUT2D eigenvalue weighted by atomic mass is 32.2. The first-order valence-electron chi connectivity index (χ1n) is 8.35. The van der Waals surface area contributed by atoms with Crippen molar-refractivity contribution in [2.45, 2.75) is 24.7 Å². The molecule has 1 saturated heterocycles. The molecule has 3 rings (SSSR count). The molecule has 0 spiro atoms. The molecule has 2 aromatic carbocycles. The Labute approximate surface area is 148 Å². The van der Waals surface area contributed by atoms with Gasteiger partial charge in [0.2, 0.25) is 10.0 Å². The number of anilines is 1. The summed E-state index contributed by atoms with van der Waals surface area (Å²) in [5.74, 6) is -0.220. The Morgan fingerprint density at radius 1 is 1.04 bits per heavy atom. The van der Waals surface area contributed by atoms with Gasteiger partial charge in [0.25, 0.3) is 5.91 Å². The molecule has 2 aromatic rings. The number of para-hydroxylation sites is 1. The van der Waals surface area contributed by atoms with E-state index in [2.05, 4.69) is 0 Å². The largest absolute Gasteiger partial charge is 0.311 e. The van der Waals surface area contributed by atoms with E-state index in [1.807, 2.05) is 37.3 Å². The monoisotopic (exact) mass is 358 g/mol. The lowest BCUT2D eigenvalue weighted by Gasteiger charge is -2.20. The zero-order chi connectivity index (χ0) is 18.0. The molecule has 6 heteroatoms. The molecule has 0 aliphatic carbocycles. The minimum atomic E-state index is -3.54. The molecule has 0 radical (unpaired) electrons. The summed E-state index contributed by atoms with van der Waals surface area (Å²) in [5.41, 5.74) is 1.93. The minimum Gasteiger partial charge on any atom is -0.311 e. The lowest BCUT2D eigenvalue weighted by atomic mass is 10.1. The summed E-state index contributed by atoms with van der Waals surface area (Å²) in [7, 11) is -1.85. The van der Waals surface area contributed by atoms with Crippen molar-refractivity contribution in [2.24, 2.45) is 0 Å². The Bertz CT molecular complexity index is 873. The van der Waals surface area contributed by atoms with Gasteiger partial charge in [0, 0.05) is 31.4 Å². The van der Waals surface area contributed by atoms with E-state index in [9.17, 15) is 13.2 Å². The molecule has 0 bridgehead atoms. The highest BCUT2D eigenvalue weighted by Crippen LogP contribution is 2.24. The van der Waals surface area contributed by atoms with E-state index in [0.29, 0.717) is 18.7 Å². The highest BCUT2D eigenvalue weighted by Gasteiger charge is 2.28. The van der Waals surface area contributed by atoms with Crippen molar-refractivity contribution in [3.8, 4) is 0 Å². The third-order valence-electron chi connectivity index (χ3n) is 4.59. The zero-order valence-corrected chi connectivity index (χ0v) is 15.3. The standard InChI is InChI=1S/C19H22N2O3S/c1-15-10-11-17(25(23,24)21-12-6-7-13-21)14-18(15)19(22)20(2)16-8-4-3-5-9-16/h3-5,8-11,14H,6-7,12-13H2,1-2H3. The topological polar surface area (TPSA) is 57.7 Å². The molecule has 0 saturated carbocycles. The average molecular weight is 358 g/mol. The van der Waals surface area contributed by atoms with Gasteiger partial charge in [0.15, 0.2) is 0 Å². The number of carbonyl (C=O) groups is 1. The number of hydrogen-bond acceptors (Lipinski definition) is 3. The van der Waals surface area contributed by atoms with Crippen LogP contribution in [-0.2, 0) is 10.0 Å². The molecule has 5 nitrogen and oxygen atoms in total. The number of nitrogens with zero attached hydrogens (tertiary/aromatic N) is 2. The number of rotatable bonds is 4. The molecular formula is C19H22N2O3S. The summed E-state index contributed by atoms with van der Waals surface area (Å²) in [6.45, 7) is 2.91. The number of carbonyl (C=O) groups excluding carboxylic acids is 1. The van der Waals surface area contributed by atoms with Crippen LogP contribution in [0.2, 0.25) is 0 Å². The van der Waals surface area contributed by atoms with E-state index in [4.69, 9.17) is 0 Å². The molecule has 0 unspecified atom stereocenters. The Balaban J connectivity index is 1.96. The fourth-order valence-electron chi connectivity index (χ4n) is 3.02. The molecular weight excluding hydrogens is 336 g/mol. The molecule has 1 heterocycles. The van der Waals surface area contributed by atoms with Crippen molar-refractivity contribution in [3.63, 3.8) is 0 Å². The van der Waals surface area contributed by atoms with Crippen molar-refractivity contribution in [2.75, 3.05) is 25.0 Å². The van der Waals surface area contributed by atoms with E-state index < -0.39 is 10.0 Å². The maximum atomic E-state index is 12.9. The van der Waals surface area contributed by atoms with Crippen LogP contribution >= 0.6 is 0 Å². The van der Waals surface area contributed by atoms with E-state index >= 15 is 0 Å². The van der Waals surface area contributed by atoms with Gasteiger partial charge in [-0.1, -0.05) is 24.3 Å². The Kier molecular flexibility index (Phi) is 4.92. The van der Waals surface area contributed by atoms with E-state index in [1.165, 1.54) is 15.3 Å². The van der Waals surface area contributed by atoms with Gasteiger partial charge in [-0.15, -0.1) is 0 Å². The van der Waals surface area contributed by atoms with Crippen LogP contribution in [0.1, 0.15) is 28.8 Å². The Hall–Kier alpha value is -2.18. The van der Waals surface area contributed by atoms with E-state index in [1.54, 1.807) is 19.2 Å². The maximum Gasteiger partial charge on any atom is 0.258 e. The highest BCUT2D eigenvalue weighted by molar-refractivity contribution is 7.89. The van der Waals surface area contributed by atoms with Gasteiger partial charge >= 0.3 is 0 Å². The predicted molar refractivity (Wildman–Crippen MR) is 98.3 cm³/mol. The summed E-state index contributed by atoms with van der Waals surface area (Å²) < 4.78 is 27.0. The Morgan fingerprint density at radius 3 is 2.32 bits per heavy atom. The summed E-state index contributed by atoms with van der Waals surface area (Å²) >= 11 is 0. The SMILES string of the molecule is Cc1ccc(S(=O)(=O)N2CCCC2)cc1C(=O)N(C)c1ccccc1. The van der Waals surface area contributed by atoms with Gasteiger partial charge in [0.1, 0.15) is 0 Å². The summed E-state index contributed by atoms with van der Waals surface area (Å²) in [6, 6.07) is 14.1. The first-order chi connectivity index (χ1) is 11.9. The van der Waals surface area contributed by atoms with Gasteiger partial charge in [0.05, 0.1) is 4.90 Å². The minimum absolute atomic E-state index is 0.185. The smallest absolute Gasteiger partial charge is 0.258 e. The lowest BCUT2D eigenvalue weighted by molar-refractivity contribution is 0.0992. The summed E-state index contributed by atoms with van der Waals surface area (Å²) in [5, 5.41) is 0. The first-order valence-corrected chi connectivity index (χ1v) is 9.79. The second kappa shape index (κ2) is 6.98. The van der Waals surface area contributed by atoms with E-state index in [0.717, 1.165) is 24.1 Å². The van der Waals surface area contributed by atoms with Crippen LogP contribution in [0, 0.1) is 6.92 Å². The van der Waals surface area contributed by atoms with Crippen LogP contribution in [0.5, 0.6) is 0 Å². The van der Waals surface area contributed by atoms with Gasteiger partial charge in [-0.3, -0.25) is 4.79 Å². The predicted octanol–water partition coefficient (Wildman–Crippen LogP) is 3.06. The number of sulfonamides is 1. The number of amides is 1. The van der Waals surface area contributed by atoms with Gasteiger partial charge < -0.3 is 4.90 Å². The Morgan fingerprint density at radius 2 is 1.68 bits per heavy atom. The fourth-order valence-corrected chi connectivity index (χ4v) is 4.56. The normalized spacial score (nSPS) is 15.3. The molecule has 132 valence electrons. The third-order valence-corrected chi connectivity index (χ3v) is 6.49. The van der Waals surface area contributed by atoms with Crippen molar-refractivity contribution in [3.05, 3.63) is 59.7 Å². The van der Waals surface area contributed by atoms with Crippen LogP contribution in [0.4, 0.5) is 5.69 Å². The van der Waals surface area contributed by atoms with Crippen LogP contribution in [0.3, 0.4) is 0 Å². The maximum absolute atomic E-state index is 12.9. The fraction of sp³-hybridized carbons (Fsp3) is 0.316. The molecule has 1 aliphatic heterocycles. The first kappa shape index (κ1) is 17.6. The van der Waals surface area contributed by atoms with Crippen LogP contribution in [-0.4, -0.2) is 38.8 Å². The second-order valence-corrected chi connectivity index (χ2v) is 8.23. The van der Waals surface area contributed by atoms with Crippen LogP contribution < -0.4 is 4.90 Å². The van der Waals surface area contributed by atoms with Gasteiger partial charge in [-0.05, 0) is 49.6 Å². The lowest BCUT2D eigenvalue weighted by Crippen LogP contribution is -2.29. The van der Waals surface area contributed by atoms with Crippen molar-refractivity contribution < 1.29 is 13.2 Å². The summed E-state index contributed by atoms with van der Waals surface area (Å²) in [4.78, 5) is 14.6. The molecule has 0 aromatic heterocycles. The molecule has 0 atom stereocenters. The second-order valence-electron chi connectivity index (χ2n) is 6.29. The van der Waals surface area contributed by atoms with E-state index in [-0.39, 0.29) is 10.8 Å². The quantitative estimate of drug-likeness (QED) is 0.844. The van der Waals surface area contributed by atoms with Crippen molar-refractivity contribution in [1.82, 2.24) is 4.31 Å². The van der Waals surface area contributed by atoms with Gasteiger partial charge in [-0.2, -0.15) is 4.31 Å². The molecule has 25 heavy (non-hydrogen) atoms. The number of hydrogen-bond donors (Lipinski definition) is 0.